The van der Waals surface area contributed by atoms with E-state index < -0.39 is 0 Å². The maximum atomic E-state index is 12.0. The van der Waals surface area contributed by atoms with E-state index in [0.717, 1.165) is 5.56 Å². The third-order valence-electron chi connectivity index (χ3n) is 2.81. The molecule has 102 valence electrons. The Kier molecular flexibility index (Phi) is 4.50. The Morgan fingerprint density at radius 1 is 1.10 bits per heavy atom. The molecule has 1 aromatic carbocycles. The van der Waals surface area contributed by atoms with Crippen LogP contribution in [-0.4, -0.2) is 25.0 Å². The largest absolute Gasteiger partial charge is 0.493 e. The minimum atomic E-state index is -0.0859. The normalized spacial score (nSPS) is 10.5. The Labute approximate surface area is 117 Å². The molecule has 0 aliphatic carbocycles. The second kappa shape index (κ2) is 6.52. The number of hydrogen-bond donors (Lipinski definition) is 0. The zero-order valence-electron chi connectivity index (χ0n) is 11.4. The predicted octanol–water partition coefficient (Wildman–Crippen LogP) is 2.99. The molecule has 0 fully saturated rings. The van der Waals surface area contributed by atoms with Gasteiger partial charge in [0.15, 0.2) is 17.3 Å². The number of ketones is 1. The molecule has 0 spiro atoms. The molecule has 0 radical (unpaired) electrons. The minimum absolute atomic E-state index is 0.0859. The summed E-state index contributed by atoms with van der Waals surface area (Å²) in [6.45, 7) is 0. The van der Waals surface area contributed by atoms with Gasteiger partial charge in [-0.2, -0.15) is 0 Å². The van der Waals surface area contributed by atoms with E-state index in [1.165, 1.54) is 6.08 Å². The molecular formula is C16H15NO3. The van der Waals surface area contributed by atoms with Crippen LogP contribution in [0.25, 0.3) is 6.08 Å². The summed E-state index contributed by atoms with van der Waals surface area (Å²) in [6, 6.07) is 8.86. The summed E-state index contributed by atoms with van der Waals surface area (Å²) in [5.41, 5.74) is 1.38. The molecule has 20 heavy (non-hydrogen) atoms. The van der Waals surface area contributed by atoms with Gasteiger partial charge in [-0.15, -0.1) is 0 Å². The fourth-order valence-electron chi connectivity index (χ4n) is 1.82. The van der Waals surface area contributed by atoms with E-state index in [9.17, 15) is 4.79 Å². The van der Waals surface area contributed by atoms with Crippen LogP contribution in [0, 0.1) is 0 Å². The Hall–Kier alpha value is -2.62. The quantitative estimate of drug-likeness (QED) is 0.618. The Morgan fingerprint density at radius 2 is 1.85 bits per heavy atom. The van der Waals surface area contributed by atoms with E-state index in [1.807, 2.05) is 12.1 Å². The lowest BCUT2D eigenvalue weighted by Crippen LogP contribution is -1.95. The molecule has 0 aliphatic heterocycles. The van der Waals surface area contributed by atoms with Crippen molar-refractivity contribution >= 4 is 11.9 Å². The van der Waals surface area contributed by atoms with Crippen LogP contribution in [0.2, 0.25) is 0 Å². The number of nitrogens with zero attached hydrogens (tertiary/aromatic N) is 1. The maximum absolute atomic E-state index is 12.0. The van der Waals surface area contributed by atoms with Crippen LogP contribution >= 0.6 is 0 Å². The van der Waals surface area contributed by atoms with Crippen LogP contribution < -0.4 is 9.47 Å². The van der Waals surface area contributed by atoms with E-state index >= 15 is 0 Å². The van der Waals surface area contributed by atoms with E-state index in [0.29, 0.717) is 17.1 Å². The number of aromatic nitrogens is 1. The van der Waals surface area contributed by atoms with Crippen LogP contribution in [0.5, 0.6) is 11.5 Å². The molecule has 0 amide bonds. The lowest BCUT2D eigenvalue weighted by Gasteiger charge is -2.09. The number of carbonyl (C=O) groups excluding carboxylic acids is 1. The van der Waals surface area contributed by atoms with Gasteiger partial charge in [0.05, 0.1) is 14.2 Å². The number of para-hydroxylation sites is 1. The first kappa shape index (κ1) is 13.8. The highest BCUT2D eigenvalue weighted by Gasteiger charge is 2.07. The van der Waals surface area contributed by atoms with Crippen LogP contribution in [0.3, 0.4) is 0 Å². The van der Waals surface area contributed by atoms with Crippen molar-refractivity contribution in [2.45, 2.75) is 0 Å². The fourth-order valence-corrected chi connectivity index (χ4v) is 1.82. The van der Waals surface area contributed by atoms with Crippen LogP contribution in [-0.2, 0) is 0 Å². The van der Waals surface area contributed by atoms with Gasteiger partial charge in [-0.3, -0.25) is 9.78 Å². The highest BCUT2D eigenvalue weighted by molar-refractivity contribution is 6.06. The molecule has 0 atom stereocenters. The lowest BCUT2D eigenvalue weighted by atomic mass is 10.1. The number of benzene rings is 1. The molecule has 2 rings (SSSR count). The van der Waals surface area contributed by atoms with E-state index in [-0.39, 0.29) is 5.78 Å². The summed E-state index contributed by atoms with van der Waals surface area (Å²) in [4.78, 5) is 15.9. The lowest BCUT2D eigenvalue weighted by molar-refractivity contribution is 0.104. The van der Waals surface area contributed by atoms with Crippen LogP contribution in [0.15, 0.2) is 48.8 Å². The summed E-state index contributed by atoms with van der Waals surface area (Å²) in [5, 5.41) is 0. The van der Waals surface area contributed by atoms with Gasteiger partial charge >= 0.3 is 0 Å². The Morgan fingerprint density at radius 3 is 2.50 bits per heavy atom. The number of allylic oxidation sites excluding steroid dienone is 1. The minimum Gasteiger partial charge on any atom is -0.493 e. The third-order valence-corrected chi connectivity index (χ3v) is 2.81. The summed E-state index contributed by atoms with van der Waals surface area (Å²) in [6.07, 6.45) is 6.40. The SMILES string of the molecule is COc1cccc(C=CC(=O)c2ccncc2)c1OC. The maximum Gasteiger partial charge on any atom is 0.185 e. The number of rotatable bonds is 5. The van der Waals surface area contributed by atoms with Crippen molar-refractivity contribution < 1.29 is 14.3 Å². The molecule has 0 aliphatic rings. The zero-order valence-corrected chi connectivity index (χ0v) is 11.4. The van der Waals surface area contributed by atoms with Crippen molar-refractivity contribution in [3.8, 4) is 11.5 Å². The van der Waals surface area contributed by atoms with Gasteiger partial charge in [0.1, 0.15) is 0 Å². The zero-order chi connectivity index (χ0) is 14.4. The van der Waals surface area contributed by atoms with Gasteiger partial charge < -0.3 is 9.47 Å². The van der Waals surface area contributed by atoms with Gasteiger partial charge in [0.2, 0.25) is 0 Å². The van der Waals surface area contributed by atoms with E-state index in [1.54, 1.807) is 50.9 Å². The molecule has 0 saturated carbocycles. The van der Waals surface area contributed by atoms with E-state index in [4.69, 9.17) is 9.47 Å². The molecule has 0 saturated heterocycles. The third kappa shape index (κ3) is 3.03. The predicted molar refractivity (Wildman–Crippen MR) is 77.1 cm³/mol. The standard InChI is InChI=1S/C16H15NO3/c1-19-15-5-3-4-13(16(15)20-2)6-7-14(18)12-8-10-17-11-9-12/h3-11H,1-2H3. The topological polar surface area (TPSA) is 48.4 Å². The molecule has 0 bridgehead atoms. The Balaban J connectivity index is 2.26. The average Bonchev–Trinajstić information content (AvgIpc) is 2.52. The van der Waals surface area contributed by atoms with Gasteiger partial charge in [-0.25, -0.2) is 0 Å². The summed E-state index contributed by atoms with van der Waals surface area (Å²) in [7, 11) is 3.15. The van der Waals surface area contributed by atoms with Crippen molar-refractivity contribution in [3.05, 3.63) is 59.9 Å². The molecule has 4 heteroatoms. The van der Waals surface area contributed by atoms with Crippen molar-refractivity contribution in [2.75, 3.05) is 14.2 Å². The molecule has 1 aromatic heterocycles. The second-order valence-corrected chi connectivity index (χ2v) is 4.02. The van der Waals surface area contributed by atoms with Gasteiger partial charge in [0.25, 0.3) is 0 Å². The first-order chi connectivity index (χ1) is 9.76. The molecule has 4 nitrogen and oxygen atoms in total. The summed E-state index contributed by atoms with van der Waals surface area (Å²) in [5.74, 6) is 1.15. The molecular weight excluding hydrogens is 254 g/mol. The van der Waals surface area contributed by atoms with E-state index in [2.05, 4.69) is 4.98 Å². The number of methoxy groups -OCH3 is 2. The van der Waals surface area contributed by atoms with Gasteiger partial charge in [0, 0.05) is 23.5 Å². The summed E-state index contributed by atoms with van der Waals surface area (Å²) >= 11 is 0. The number of hydrogen-bond acceptors (Lipinski definition) is 4. The smallest absolute Gasteiger partial charge is 0.185 e. The van der Waals surface area contributed by atoms with Gasteiger partial charge in [-0.05, 0) is 30.4 Å². The monoisotopic (exact) mass is 269 g/mol. The van der Waals surface area contributed by atoms with Crippen molar-refractivity contribution in [2.24, 2.45) is 0 Å². The van der Waals surface area contributed by atoms with Crippen LogP contribution in [0.1, 0.15) is 15.9 Å². The highest BCUT2D eigenvalue weighted by Crippen LogP contribution is 2.31. The first-order valence-electron chi connectivity index (χ1n) is 6.09. The Bertz CT molecular complexity index is 621. The number of pyridine rings is 1. The molecule has 1 heterocycles. The second-order valence-electron chi connectivity index (χ2n) is 4.02. The highest BCUT2D eigenvalue weighted by atomic mass is 16.5. The number of carbonyl (C=O) groups is 1. The van der Waals surface area contributed by atoms with Crippen molar-refractivity contribution in [3.63, 3.8) is 0 Å². The molecule has 0 unspecified atom stereocenters. The van der Waals surface area contributed by atoms with Crippen molar-refractivity contribution in [1.29, 1.82) is 0 Å². The van der Waals surface area contributed by atoms with Gasteiger partial charge in [-0.1, -0.05) is 12.1 Å². The number of ether oxygens (including phenoxy) is 2. The fraction of sp³-hybridized carbons (Fsp3) is 0.125. The average molecular weight is 269 g/mol. The molecule has 2 aromatic rings. The van der Waals surface area contributed by atoms with Crippen molar-refractivity contribution in [1.82, 2.24) is 4.98 Å². The first-order valence-corrected chi connectivity index (χ1v) is 6.09. The molecule has 0 N–H and O–H groups in total. The summed E-state index contributed by atoms with van der Waals surface area (Å²) < 4.78 is 10.5. The van der Waals surface area contributed by atoms with Crippen LogP contribution in [0.4, 0.5) is 0 Å².